The van der Waals surface area contributed by atoms with Crippen molar-refractivity contribution in [2.45, 2.75) is 18.6 Å². The molecule has 1 N–H and O–H groups in total. The number of amides is 1. The molecule has 0 bridgehead atoms. The summed E-state index contributed by atoms with van der Waals surface area (Å²) in [4.78, 5) is 17.9. The second kappa shape index (κ2) is 5.34. The van der Waals surface area contributed by atoms with Crippen LogP contribution in [0.1, 0.15) is 12.0 Å². The third kappa shape index (κ3) is 2.46. The van der Waals surface area contributed by atoms with Gasteiger partial charge >= 0.3 is 0 Å². The maximum atomic E-state index is 11.3. The fourth-order valence-electron chi connectivity index (χ4n) is 3.47. The molecule has 0 radical (unpaired) electrons. The second-order valence-corrected chi connectivity index (χ2v) is 6.22. The van der Waals surface area contributed by atoms with Crippen molar-refractivity contribution in [3.63, 3.8) is 0 Å². The molecule has 5 heteroatoms. The zero-order valence-corrected chi connectivity index (χ0v) is 12.4. The average molecular weight is 297 g/mol. The molecule has 114 valence electrons. The number of benzene rings is 1. The molecular formula is C17H19N3O2. The molecule has 2 aliphatic rings. The standard InChI is InChI=1S/C17H19N3O2/c21-16-10-22-17(11-19-16)5-7-20(12-17)9-14-3-1-2-13-8-18-6-4-15(13)14/h1-4,6,8H,5,7,9-12H2,(H,19,21). The first-order valence-corrected chi connectivity index (χ1v) is 7.69. The lowest BCUT2D eigenvalue weighted by molar-refractivity contribution is -0.142. The molecule has 2 aromatic rings. The fraction of sp³-hybridized carbons (Fsp3) is 0.412. The highest BCUT2D eigenvalue weighted by Crippen LogP contribution is 2.29. The van der Waals surface area contributed by atoms with Crippen LogP contribution >= 0.6 is 0 Å². The number of hydrogen-bond acceptors (Lipinski definition) is 4. The predicted octanol–water partition coefficient (Wildman–Crippen LogP) is 1.33. The molecule has 2 saturated heterocycles. The number of aromatic nitrogens is 1. The van der Waals surface area contributed by atoms with Gasteiger partial charge in [-0.1, -0.05) is 18.2 Å². The van der Waals surface area contributed by atoms with E-state index in [0.717, 1.165) is 26.1 Å². The number of fused-ring (bicyclic) bond motifs is 1. The lowest BCUT2D eigenvalue weighted by atomic mass is 10.0. The van der Waals surface area contributed by atoms with E-state index in [1.807, 2.05) is 12.4 Å². The smallest absolute Gasteiger partial charge is 0.246 e. The van der Waals surface area contributed by atoms with E-state index in [2.05, 4.69) is 39.5 Å². The molecule has 1 amide bonds. The number of rotatable bonds is 2. The number of likely N-dealkylation sites (tertiary alicyclic amines) is 1. The quantitative estimate of drug-likeness (QED) is 0.908. The predicted molar refractivity (Wildman–Crippen MR) is 83.3 cm³/mol. The average Bonchev–Trinajstić information content (AvgIpc) is 2.94. The van der Waals surface area contributed by atoms with E-state index in [1.54, 1.807) is 0 Å². The summed E-state index contributed by atoms with van der Waals surface area (Å²) in [5.41, 5.74) is 1.12. The maximum absolute atomic E-state index is 11.3. The van der Waals surface area contributed by atoms with Crippen molar-refractivity contribution < 1.29 is 9.53 Å². The summed E-state index contributed by atoms with van der Waals surface area (Å²) in [6, 6.07) is 8.43. The summed E-state index contributed by atoms with van der Waals surface area (Å²) >= 11 is 0. The summed E-state index contributed by atoms with van der Waals surface area (Å²) in [5, 5.41) is 5.37. The molecular weight excluding hydrogens is 278 g/mol. The van der Waals surface area contributed by atoms with Gasteiger partial charge in [-0.05, 0) is 23.4 Å². The van der Waals surface area contributed by atoms with Gasteiger partial charge in [-0.3, -0.25) is 14.7 Å². The molecule has 5 nitrogen and oxygen atoms in total. The Labute approximate surface area is 129 Å². The van der Waals surface area contributed by atoms with Crippen molar-refractivity contribution in [1.29, 1.82) is 0 Å². The number of carbonyl (C=O) groups excluding carboxylic acids is 1. The Balaban J connectivity index is 1.51. The first kappa shape index (κ1) is 13.7. The lowest BCUT2D eigenvalue weighted by Crippen LogP contribution is -2.53. The molecule has 22 heavy (non-hydrogen) atoms. The van der Waals surface area contributed by atoms with Gasteiger partial charge in [-0.15, -0.1) is 0 Å². The molecule has 1 aromatic heterocycles. The summed E-state index contributed by atoms with van der Waals surface area (Å²) in [6.45, 7) is 3.59. The van der Waals surface area contributed by atoms with Gasteiger partial charge in [0, 0.05) is 44.0 Å². The number of hydrogen-bond donors (Lipinski definition) is 1. The van der Waals surface area contributed by atoms with Crippen LogP contribution in [0.5, 0.6) is 0 Å². The summed E-state index contributed by atoms with van der Waals surface area (Å²) < 4.78 is 5.83. The summed E-state index contributed by atoms with van der Waals surface area (Å²) in [7, 11) is 0. The third-order valence-electron chi connectivity index (χ3n) is 4.68. The largest absolute Gasteiger partial charge is 0.362 e. The molecule has 3 heterocycles. The van der Waals surface area contributed by atoms with Crippen LogP contribution in [0.2, 0.25) is 0 Å². The van der Waals surface area contributed by atoms with Gasteiger partial charge in [0.05, 0.1) is 5.60 Å². The van der Waals surface area contributed by atoms with E-state index in [0.29, 0.717) is 6.54 Å². The second-order valence-electron chi connectivity index (χ2n) is 6.22. The first-order chi connectivity index (χ1) is 10.7. The van der Waals surface area contributed by atoms with Gasteiger partial charge in [-0.2, -0.15) is 0 Å². The number of pyridine rings is 1. The zero-order chi connectivity index (χ0) is 15.0. The minimum atomic E-state index is -0.194. The van der Waals surface area contributed by atoms with Crippen LogP contribution in [0.25, 0.3) is 10.8 Å². The highest BCUT2D eigenvalue weighted by molar-refractivity contribution is 5.84. The van der Waals surface area contributed by atoms with Gasteiger partial charge in [0.1, 0.15) is 6.61 Å². The molecule has 0 saturated carbocycles. The minimum Gasteiger partial charge on any atom is -0.362 e. The van der Waals surface area contributed by atoms with Crippen LogP contribution in [0.3, 0.4) is 0 Å². The van der Waals surface area contributed by atoms with E-state index in [9.17, 15) is 4.79 Å². The monoisotopic (exact) mass is 297 g/mol. The van der Waals surface area contributed by atoms with Crippen LogP contribution < -0.4 is 5.32 Å². The lowest BCUT2D eigenvalue weighted by Gasteiger charge is -2.33. The molecule has 1 atom stereocenters. The Hall–Kier alpha value is -1.98. The highest BCUT2D eigenvalue weighted by atomic mass is 16.5. The number of morpholine rings is 1. The molecule has 0 aliphatic carbocycles. The molecule has 2 fully saturated rings. The van der Waals surface area contributed by atoms with Gasteiger partial charge < -0.3 is 10.1 Å². The van der Waals surface area contributed by atoms with Crippen molar-refractivity contribution in [1.82, 2.24) is 15.2 Å². The Morgan fingerprint density at radius 3 is 3.18 bits per heavy atom. The van der Waals surface area contributed by atoms with Gasteiger partial charge in [0.15, 0.2) is 0 Å². The van der Waals surface area contributed by atoms with Crippen molar-refractivity contribution in [2.75, 3.05) is 26.2 Å². The van der Waals surface area contributed by atoms with Crippen LogP contribution in [0, 0.1) is 0 Å². The van der Waals surface area contributed by atoms with Gasteiger partial charge in [-0.25, -0.2) is 0 Å². The molecule has 4 rings (SSSR count). The van der Waals surface area contributed by atoms with Crippen molar-refractivity contribution >= 4 is 16.7 Å². The van der Waals surface area contributed by atoms with Crippen LogP contribution in [-0.2, 0) is 16.1 Å². The number of carbonyl (C=O) groups is 1. The number of nitrogens with zero attached hydrogens (tertiary/aromatic N) is 2. The van der Waals surface area contributed by atoms with E-state index in [4.69, 9.17) is 4.74 Å². The van der Waals surface area contributed by atoms with Crippen LogP contribution in [-0.4, -0.2) is 47.6 Å². The molecule has 1 aromatic carbocycles. The SMILES string of the molecule is O=C1COC2(CCN(Cc3cccc4cnccc34)C2)CN1. The Kier molecular flexibility index (Phi) is 3.32. The normalized spacial score (nSPS) is 25.7. The Morgan fingerprint density at radius 2 is 2.32 bits per heavy atom. The van der Waals surface area contributed by atoms with Crippen molar-refractivity contribution in [2.24, 2.45) is 0 Å². The minimum absolute atomic E-state index is 0.00868. The fourth-order valence-corrected chi connectivity index (χ4v) is 3.47. The van der Waals surface area contributed by atoms with E-state index >= 15 is 0 Å². The van der Waals surface area contributed by atoms with Crippen LogP contribution in [0.4, 0.5) is 0 Å². The first-order valence-electron chi connectivity index (χ1n) is 7.69. The molecule has 2 aliphatic heterocycles. The van der Waals surface area contributed by atoms with E-state index in [-0.39, 0.29) is 18.1 Å². The van der Waals surface area contributed by atoms with Crippen molar-refractivity contribution in [3.8, 4) is 0 Å². The topological polar surface area (TPSA) is 54.5 Å². The Bertz CT molecular complexity index is 701. The highest BCUT2D eigenvalue weighted by Gasteiger charge is 2.42. The molecule has 1 spiro atoms. The van der Waals surface area contributed by atoms with E-state index < -0.39 is 0 Å². The van der Waals surface area contributed by atoms with Crippen LogP contribution in [0.15, 0.2) is 36.7 Å². The summed E-state index contributed by atoms with van der Waals surface area (Å²) in [5.74, 6) is -0.00868. The molecule has 1 unspecified atom stereocenters. The van der Waals surface area contributed by atoms with Gasteiger partial charge in [0.2, 0.25) is 5.91 Å². The summed E-state index contributed by atoms with van der Waals surface area (Å²) in [6.07, 6.45) is 4.72. The van der Waals surface area contributed by atoms with E-state index in [1.165, 1.54) is 16.3 Å². The number of ether oxygens (including phenoxy) is 1. The van der Waals surface area contributed by atoms with Gasteiger partial charge in [0.25, 0.3) is 0 Å². The zero-order valence-electron chi connectivity index (χ0n) is 12.4. The maximum Gasteiger partial charge on any atom is 0.246 e. The third-order valence-corrected chi connectivity index (χ3v) is 4.68. The van der Waals surface area contributed by atoms with Crippen molar-refractivity contribution in [3.05, 3.63) is 42.2 Å². The Morgan fingerprint density at radius 1 is 1.36 bits per heavy atom. The number of nitrogens with one attached hydrogen (secondary N) is 1.